The van der Waals surface area contributed by atoms with Gasteiger partial charge in [0, 0.05) is 5.92 Å². The third kappa shape index (κ3) is 3.96. The number of aryl methyl sites for hydroxylation is 1. The highest BCUT2D eigenvalue weighted by Gasteiger charge is 2.33. The smallest absolute Gasteiger partial charge is 0.224 e. The van der Waals surface area contributed by atoms with Crippen LogP contribution in [0.1, 0.15) is 49.7 Å². The first-order valence-electron chi connectivity index (χ1n) is 9.57. The number of amides is 1. The van der Waals surface area contributed by atoms with Gasteiger partial charge in [-0.05, 0) is 47.4 Å². The average molecular weight is 346 g/mol. The summed E-state index contributed by atoms with van der Waals surface area (Å²) in [4.78, 5) is 12.6. The Bertz CT molecular complexity index is 789. The monoisotopic (exact) mass is 346 g/mol. The molecular weight excluding hydrogens is 320 g/mol. The van der Waals surface area contributed by atoms with Gasteiger partial charge in [-0.3, -0.25) is 4.79 Å². The lowest BCUT2D eigenvalue weighted by Gasteiger charge is -2.32. The molecule has 1 fully saturated rings. The van der Waals surface area contributed by atoms with Crippen LogP contribution in [-0.2, 0) is 11.2 Å². The van der Waals surface area contributed by atoms with Crippen LogP contribution in [0, 0.1) is 17.2 Å². The molecule has 0 aliphatic heterocycles. The molecule has 2 aromatic carbocycles. The van der Waals surface area contributed by atoms with Crippen LogP contribution in [0.15, 0.2) is 48.5 Å². The second kappa shape index (κ2) is 8.67. The van der Waals surface area contributed by atoms with Crippen LogP contribution in [0.5, 0.6) is 0 Å². The van der Waals surface area contributed by atoms with E-state index in [1.807, 2.05) is 6.07 Å². The van der Waals surface area contributed by atoms with Gasteiger partial charge in [0.15, 0.2) is 0 Å². The highest BCUT2D eigenvalue weighted by molar-refractivity contribution is 5.81. The lowest BCUT2D eigenvalue weighted by atomic mass is 9.73. The number of benzene rings is 2. The molecule has 26 heavy (non-hydrogen) atoms. The zero-order valence-corrected chi connectivity index (χ0v) is 15.4. The maximum atomic E-state index is 12.6. The number of nitriles is 1. The number of hydrogen-bond donors (Lipinski definition) is 1. The highest BCUT2D eigenvalue weighted by Crippen LogP contribution is 2.41. The Labute approximate surface area is 156 Å². The SMILES string of the molecule is CCc1ccc(-c2ccccc2C2CCCC[C@H]2C(=O)NCC#N)cc1. The van der Waals surface area contributed by atoms with Crippen molar-refractivity contribution in [3.05, 3.63) is 59.7 Å². The Hall–Kier alpha value is -2.60. The summed E-state index contributed by atoms with van der Waals surface area (Å²) in [5.74, 6) is 0.185. The summed E-state index contributed by atoms with van der Waals surface area (Å²) in [6, 6.07) is 19.2. The van der Waals surface area contributed by atoms with E-state index < -0.39 is 0 Å². The van der Waals surface area contributed by atoms with E-state index in [1.165, 1.54) is 22.3 Å². The summed E-state index contributed by atoms with van der Waals surface area (Å²) in [6.07, 6.45) is 5.18. The van der Waals surface area contributed by atoms with Crippen molar-refractivity contribution in [3.63, 3.8) is 0 Å². The lowest BCUT2D eigenvalue weighted by Crippen LogP contribution is -2.36. The third-order valence-corrected chi connectivity index (χ3v) is 5.48. The van der Waals surface area contributed by atoms with E-state index in [4.69, 9.17) is 5.26 Å². The van der Waals surface area contributed by atoms with Crippen molar-refractivity contribution in [1.82, 2.24) is 5.32 Å². The molecule has 1 aliphatic rings. The van der Waals surface area contributed by atoms with Gasteiger partial charge in [-0.1, -0.05) is 68.3 Å². The minimum atomic E-state index is -0.0480. The fraction of sp³-hybridized carbons (Fsp3) is 0.391. The van der Waals surface area contributed by atoms with E-state index in [1.54, 1.807) is 0 Å². The van der Waals surface area contributed by atoms with Gasteiger partial charge in [-0.25, -0.2) is 0 Å². The quantitative estimate of drug-likeness (QED) is 0.788. The molecule has 1 unspecified atom stereocenters. The first-order chi connectivity index (χ1) is 12.7. The van der Waals surface area contributed by atoms with Gasteiger partial charge in [0.05, 0.1) is 6.07 Å². The van der Waals surface area contributed by atoms with E-state index in [9.17, 15) is 4.79 Å². The van der Waals surface area contributed by atoms with E-state index in [-0.39, 0.29) is 24.3 Å². The Morgan fingerprint density at radius 3 is 2.58 bits per heavy atom. The topological polar surface area (TPSA) is 52.9 Å². The zero-order chi connectivity index (χ0) is 18.4. The number of carbonyl (C=O) groups excluding carboxylic acids is 1. The van der Waals surface area contributed by atoms with Crippen molar-refractivity contribution >= 4 is 5.91 Å². The van der Waals surface area contributed by atoms with E-state index >= 15 is 0 Å². The Balaban J connectivity index is 1.94. The molecule has 0 aromatic heterocycles. The van der Waals surface area contributed by atoms with E-state index in [2.05, 4.69) is 60.8 Å². The number of rotatable bonds is 5. The number of hydrogen-bond acceptors (Lipinski definition) is 2. The minimum absolute atomic E-state index is 0.0207. The number of nitrogens with one attached hydrogen (secondary N) is 1. The summed E-state index contributed by atoms with van der Waals surface area (Å²) in [5, 5.41) is 11.5. The number of nitrogens with zero attached hydrogens (tertiary/aromatic N) is 1. The third-order valence-electron chi connectivity index (χ3n) is 5.48. The van der Waals surface area contributed by atoms with Gasteiger partial charge >= 0.3 is 0 Å². The second-order valence-corrected chi connectivity index (χ2v) is 7.01. The molecule has 1 amide bonds. The Kier molecular flexibility index (Phi) is 6.07. The van der Waals surface area contributed by atoms with Gasteiger partial charge in [-0.2, -0.15) is 5.26 Å². The molecule has 0 spiro atoms. The molecule has 2 aromatic rings. The first-order valence-corrected chi connectivity index (χ1v) is 9.57. The summed E-state index contributed by atoms with van der Waals surface area (Å²) in [5.41, 5.74) is 5.02. The predicted octanol–water partition coefficient (Wildman–Crippen LogP) is 4.83. The van der Waals surface area contributed by atoms with Crippen LogP contribution >= 0.6 is 0 Å². The van der Waals surface area contributed by atoms with Crippen molar-refractivity contribution in [3.8, 4) is 17.2 Å². The van der Waals surface area contributed by atoms with Gasteiger partial charge in [-0.15, -0.1) is 0 Å². The van der Waals surface area contributed by atoms with E-state index in [0.717, 1.165) is 32.1 Å². The number of carbonyl (C=O) groups is 1. The molecule has 3 heteroatoms. The summed E-state index contributed by atoms with van der Waals surface area (Å²) >= 11 is 0. The van der Waals surface area contributed by atoms with Gasteiger partial charge in [0.1, 0.15) is 6.54 Å². The fourth-order valence-corrected chi connectivity index (χ4v) is 4.08. The lowest BCUT2D eigenvalue weighted by molar-refractivity contribution is -0.126. The zero-order valence-electron chi connectivity index (χ0n) is 15.4. The molecule has 0 bridgehead atoms. The van der Waals surface area contributed by atoms with Crippen molar-refractivity contribution in [1.29, 1.82) is 5.26 Å². The van der Waals surface area contributed by atoms with Crippen molar-refractivity contribution < 1.29 is 4.79 Å². The van der Waals surface area contributed by atoms with Crippen molar-refractivity contribution in [2.45, 2.75) is 44.9 Å². The molecular formula is C23H26N2O. The van der Waals surface area contributed by atoms with Crippen molar-refractivity contribution in [2.24, 2.45) is 5.92 Å². The van der Waals surface area contributed by atoms with Crippen LogP contribution in [0.2, 0.25) is 0 Å². The summed E-state index contributed by atoms with van der Waals surface area (Å²) < 4.78 is 0. The summed E-state index contributed by atoms with van der Waals surface area (Å²) in [7, 11) is 0. The largest absolute Gasteiger partial charge is 0.343 e. The fourth-order valence-electron chi connectivity index (χ4n) is 4.08. The maximum Gasteiger partial charge on any atom is 0.224 e. The summed E-state index contributed by atoms with van der Waals surface area (Å²) in [6.45, 7) is 2.25. The molecule has 3 rings (SSSR count). The molecule has 1 aliphatic carbocycles. The Morgan fingerprint density at radius 1 is 1.12 bits per heavy atom. The van der Waals surface area contributed by atoms with Crippen LogP contribution < -0.4 is 5.32 Å². The normalized spacial score (nSPS) is 19.5. The minimum Gasteiger partial charge on any atom is -0.343 e. The molecule has 1 N–H and O–H groups in total. The first kappa shape index (κ1) is 18.2. The van der Waals surface area contributed by atoms with Crippen LogP contribution in [0.25, 0.3) is 11.1 Å². The molecule has 0 saturated heterocycles. The molecule has 0 radical (unpaired) electrons. The Morgan fingerprint density at radius 2 is 1.85 bits per heavy atom. The van der Waals surface area contributed by atoms with Crippen LogP contribution in [-0.4, -0.2) is 12.5 Å². The van der Waals surface area contributed by atoms with E-state index in [0.29, 0.717) is 0 Å². The molecule has 0 heterocycles. The van der Waals surface area contributed by atoms with Gasteiger partial charge in [0.25, 0.3) is 0 Å². The van der Waals surface area contributed by atoms with Gasteiger partial charge in [0.2, 0.25) is 5.91 Å². The van der Waals surface area contributed by atoms with Crippen LogP contribution in [0.3, 0.4) is 0 Å². The van der Waals surface area contributed by atoms with Crippen LogP contribution in [0.4, 0.5) is 0 Å². The highest BCUT2D eigenvalue weighted by atomic mass is 16.1. The molecule has 2 atom stereocenters. The van der Waals surface area contributed by atoms with Crippen molar-refractivity contribution in [2.75, 3.05) is 6.54 Å². The average Bonchev–Trinajstić information content (AvgIpc) is 2.72. The molecule has 3 nitrogen and oxygen atoms in total. The molecule has 1 saturated carbocycles. The van der Waals surface area contributed by atoms with Gasteiger partial charge < -0.3 is 5.32 Å². The predicted molar refractivity (Wildman–Crippen MR) is 105 cm³/mol. The standard InChI is InChI=1S/C23H26N2O/c1-2-17-11-13-18(14-12-17)19-7-3-4-8-20(19)21-9-5-6-10-22(21)23(26)25-16-15-24/h3-4,7-8,11-14,21-22H,2,5-6,9-10,16H2,1H3,(H,25,26)/t21?,22-/m1/s1. The molecule has 134 valence electrons. The maximum absolute atomic E-state index is 12.6. The second-order valence-electron chi connectivity index (χ2n) is 7.01.